The Bertz CT molecular complexity index is 669. The number of likely N-dealkylation sites (tertiary alicyclic amines) is 1. The van der Waals surface area contributed by atoms with Crippen LogP contribution in [0.1, 0.15) is 25.8 Å². The first-order valence-electron chi connectivity index (χ1n) is 8.47. The molecule has 2 unspecified atom stereocenters. The molecule has 0 saturated carbocycles. The molecule has 0 radical (unpaired) electrons. The fourth-order valence-corrected chi connectivity index (χ4v) is 3.18. The first-order valence-corrected chi connectivity index (χ1v) is 8.47. The van der Waals surface area contributed by atoms with Crippen LogP contribution in [0.4, 0.5) is 0 Å². The first kappa shape index (κ1) is 16.6. The molecule has 1 aliphatic rings. The van der Waals surface area contributed by atoms with Crippen molar-refractivity contribution in [2.45, 2.75) is 25.8 Å². The van der Waals surface area contributed by atoms with Crippen LogP contribution in [-0.2, 0) is 4.79 Å². The van der Waals surface area contributed by atoms with Crippen molar-refractivity contribution in [3.05, 3.63) is 30.3 Å². The molecule has 0 spiro atoms. The number of carbonyl (C=O) groups is 1. The lowest BCUT2D eigenvalue weighted by Crippen LogP contribution is -2.45. The summed E-state index contributed by atoms with van der Waals surface area (Å²) in [5.41, 5.74) is 0.899. The van der Waals surface area contributed by atoms with Gasteiger partial charge in [-0.05, 0) is 44.5 Å². The minimum absolute atomic E-state index is 0.0628. The van der Waals surface area contributed by atoms with Gasteiger partial charge in [-0.15, -0.1) is 10.2 Å². The first-order chi connectivity index (χ1) is 11.7. The van der Waals surface area contributed by atoms with E-state index in [1.165, 1.54) is 11.2 Å². The highest BCUT2D eigenvalue weighted by atomic mass is 16.2. The number of carbonyl (C=O) groups excluding carboxylic acids is 1. The van der Waals surface area contributed by atoms with E-state index in [2.05, 4.69) is 20.7 Å². The zero-order chi connectivity index (χ0) is 16.9. The fraction of sp³-hybridized carbons (Fsp3) is 0.529. The molecule has 1 amide bonds. The van der Waals surface area contributed by atoms with E-state index in [1.807, 2.05) is 49.2 Å². The van der Waals surface area contributed by atoms with Crippen molar-refractivity contribution < 1.29 is 4.79 Å². The number of rotatable bonds is 5. The molecule has 3 rings (SSSR count). The van der Waals surface area contributed by atoms with Gasteiger partial charge in [0.2, 0.25) is 11.7 Å². The lowest BCUT2D eigenvalue weighted by molar-refractivity contribution is -0.136. The quantitative estimate of drug-likeness (QED) is 0.897. The van der Waals surface area contributed by atoms with Crippen LogP contribution < -0.4 is 5.32 Å². The lowest BCUT2D eigenvalue weighted by atomic mass is 9.97. The number of hydrogen-bond acceptors (Lipinski definition) is 5. The number of hydrogen-bond donors (Lipinski definition) is 1. The van der Waals surface area contributed by atoms with Crippen molar-refractivity contribution in [3.63, 3.8) is 0 Å². The van der Waals surface area contributed by atoms with Gasteiger partial charge in [0.1, 0.15) is 6.04 Å². The Morgan fingerprint density at radius 1 is 1.38 bits per heavy atom. The number of amides is 1. The summed E-state index contributed by atoms with van der Waals surface area (Å²) in [7, 11) is 1.95. The molecule has 1 N–H and O–H groups in total. The zero-order valence-corrected chi connectivity index (χ0v) is 14.2. The predicted octanol–water partition coefficient (Wildman–Crippen LogP) is 1.36. The number of piperidine rings is 1. The SMILES string of the molecule is CNCC1CCCN(C(=O)C(C)n2nnc(-c3ccccc3)n2)C1. The Balaban J connectivity index is 1.69. The van der Waals surface area contributed by atoms with Gasteiger partial charge in [-0.2, -0.15) is 4.80 Å². The van der Waals surface area contributed by atoms with Gasteiger partial charge in [0.15, 0.2) is 0 Å². The van der Waals surface area contributed by atoms with Gasteiger partial charge in [0.25, 0.3) is 0 Å². The summed E-state index contributed by atoms with van der Waals surface area (Å²) in [4.78, 5) is 16.1. The molecule has 7 nitrogen and oxygen atoms in total. The highest BCUT2D eigenvalue weighted by Gasteiger charge is 2.28. The summed E-state index contributed by atoms with van der Waals surface area (Å²) in [5, 5.41) is 15.7. The highest BCUT2D eigenvalue weighted by molar-refractivity contribution is 5.80. The molecule has 2 aromatic rings. The minimum Gasteiger partial charge on any atom is -0.340 e. The third-order valence-electron chi connectivity index (χ3n) is 4.49. The van der Waals surface area contributed by atoms with Crippen LogP contribution in [-0.4, -0.2) is 57.7 Å². The number of tetrazole rings is 1. The number of aromatic nitrogens is 4. The van der Waals surface area contributed by atoms with Gasteiger partial charge in [-0.1, -0.05) is 30.3 Å². The van der Waals surface area contributed by atoms with E-state index in [9.17, 15) is 4.79 Å². The smallest absolute Gasteiger partial charge is 0.249 e. The third kappa shape index (κ3) is 3.62. The molecule has 2 atom stereocenters. The average molecular weight is 328 g/mol. The van der Waals surface area contributed by atoms with Crippen LogP contribution in [0, 0.1) is 5.92 Å². The van der Waals surface area contributed by atoms with E-state index in [0.717, 1.165) is 31.6 Å². The highest BCUT2D eigenvalue weighted by Crippen LogP contribution is 2.20. The molecule has 0 bridgehead atoms. The summed E-state index contributed by atoms with van der Waals surface area (Å²) in [6, 6.07) is 9.23. The number of nitrogens with zero attached hydrogens (tertiary/aromatic N) is 5. The van der Waals surface area contributed by atoms with Gasteiger partial charge in [0, 0.05) is 18.7 Å². The fourth-order valence-electron chi connectivity index (χ4n) is 3.18. The standard InChI is InChI=1S/C17H24N6O/c1-13(17(24)22-10-6-7-14(12-22)11-18-2)23-20-16(19-21-23)15-8-4-3-5-9-15/h3-5,8-9,13-14,18H,6-7,10-12H2,1-2H3. The van der Waals surface area contributed by atoms with E-state index in [0.29, 0.717) is 11.7 Å². The Hall–Kier alpha value is -2.28. The van der Waals surface area contributed by atoms with Crippen molar-refractivity contribution in [3.8, 4) is 11.4 Å². The van der Waals surface area contributed by atoms with Crippen LogP contribution in [0.2, 0.25) is 0 Å². The molecule has 2 heterocycles. The molecule has 7 heteroatoms. The van der Waals surface area contributed by atoms with Gasteiger partial charge in [-0.25, -0.2) is 0 Å². The summed E-state index contributed by atoms with van der Waals surface area (Å²) in [6.45, 7) is 4.38. The van der Waals surface area contributed by atoms with Crippen LogP contribution in [0.5, 0.6) is 0 Å². The molecule has 1 aromatic carbocycles. The van der Waals surface area contributed by atoms with Crippen molar-refractivity contribution in [2.75, 3.05) is 26.7 Å². The maximum Gasteiger partial charge on any atom is 0.249 e. The Labute approximate surface area is 142 Å². The second kappa shape index (κ2) is 7.53. The van der Waals surface area contributed by atoms with Crippen LogP contribution in [0.15, 0.2) is 30.3 Å². The zero-order valence-electron chi connectivity index (χ0n) is 14.2. The maximum absolute atomic E-state index is 12.8. The summed E-state index contributed by atoms with van der Waals surface area (Å²) >= 11 is 0. The van der Waals surface area contributed by atoms with Gasteiger partial charge in [0.05, 0.1) is 0 Å². The van der Waals surface area contributed by atoms with E-state index in [1.54, 1.807) is 0 Å². The molecule has 0 aliphatic carbocycles. The molecule has 24 heavy (non-hydrogen) atoms. The van der Waals surface area contributed by atoms with Crippen LogP contribution >= 0.6 is 0 Å². The summed E-state index contributed by atoms with van der Waals surface area (Å²) < 4.78 is 0. The normalized spacial score (nSPS) is 19.2. The van der Waals surface area contributed by atoms with Crippen LogP contribution in [0.3, 0.4) is 0 Å². The molecular weight excluding hydrogens is 304 g/mol. The van der Waals surface area contributed by atoms with Gasteiger partial charge < -0.3 is 10.2 Å². The van der Waals surface area contributed by atoms with E-state index < -0.39 is 6.04 Å². The van der Waals surface area contributed by atoms with Crippen molar-refractivity contribution in [2.24, 2.45) is 5.92 Å². The average Bonchev–Trinajstić information content (AvgIpc) is 3.12. The van der Waals surface area contributed by atoms with Crippen molar-refractivity contribution in [1.29, 1.82) is 0 Å². The topological polar surface area (TPSA) is 75.9 Å². The second-order valence-electron chi connectivity index (χ2n) is 6.33. The molecule has 128 valence electrons. The monoisotopic (exact) mass is 328 g/mol. The van der Waals surface area contributed by atoms with Crippen LogP contribution in [0.25, 0.3) is 11.4 Å². The van der Waals surface area contributed by atoms with Crippen molar-refractivity contribution in [1.82, 2.24) is 30.4 Å². The largest absolute Gasteiger partial charge is 0.340 e. The van der Waals surface area contributed by atoms with Crippen molar-refractivity contribution >= 4 is 5.91 Å². The molecule has 1 aromatic heterocycles. The van der Waals surface area contributed by atoms with E-state index in [-0.39, 0.29) is 5.91 Å². The minimum atomic E-state index is -0.441. The Kier molecular flexibility index (Phi) is 5.20. The van der Waals surface area contributed by atoms with Gasteiger partial charge in [-0.3, -0.25) is 4.79 Å². The molecule has 1 saturated heterocycles. The van der Waals surface area contributed by atoms with E-state index in [4.69, 9.17) is 0 Å². The van der Waals surface area contributed by atoms with Gasteiger partial charge >= 0.3 is 0 Å². The van der Waals surface area contributed by atoms with E-state index >= 15 is 0 Å². The molecule has 1 fully saturated rings. The number of benzene rings is 1. The lowest BCUT2D eigenvalue weighted by Gasteiger charge is -2.34. The molecular formula is C17H24N6O. The Morgan fingerprint density at radius 2 is 2.17 bits per heavy atom. The number of nitrogens with one attached hydrogen (secondary N) is 1. The third-order valence-corrected chi connectivity index (χ3v) is 4.49. The maximum atomic E-state index is 12.8. The second-order valence-corrected chi connectivity index (χ2v) is 6.33. The predicted molar refractivity (Wildman–Crippen MR) is 91.2 cm³/mol. The summed E-state index contributed by atoms with van der Waals surface area (Å²) in [5.74, 6) is 1.12. The molecule has 1 aliphatic heterocycles. The Morgan fingerprint density at radius 3 is 2.92 bits per heavy atom. The summed E-state index contributed by atoms with van der Waals surface area (Å²) in [6.07, 6.45) is 2.21.